The summed E-state index contributed by atoms with van der Waals surface area (Å²) in [5.41, 5.74) is -1.54. The van der Waals surface area contributed by atoms with Crippen LogP contribution < -0.4 is 15.8 Å². The van der Waals surface area contributed by atoms with Crippen LogP contribution in [0.3, 0.4) is 0 Å². The van der Waals surface area contributed by atoms with Crippen molar-refractivity contribution in [1.82, 2.24) is 14.7 Å². The summed E-state index contributed by atoms with van der Waals surface area (Å²) < 4.78 is 25.5. The molecule has 2 rings (SSSR count). The molecule has 0 amide bonds. The molecule has 0 aliphatic heterocycles. The van der Waals surface area contributed by atoms with Crippen LogP contribution in [-0.2, 0) is 16.6 Å². The van der Waals surface area contributed by atoms with Gasteiger partial charge in [-0.1, -0.05) is 0 Å². The first kappa shape index (κ1) is 16.8. The molecule has 0 radical (unpaired) electrons. The summed E-state index contributed by atoms with van der Waals surface area (Å²) in [4.78, 5) is 38.0. The number of nitrogens with one attached hydrogen (secondary N) is 3. The SMILES string of the molecule is CCS(=O)(=O)NCc1c(C)c([N+](=O)[O-])cc2[nH]c(=O)c(=O)[nH]c12. The van der Waals surface area contributed by atoms with E-state index in [0.717, 1.165) is 6.07 Å². The monoisotopic (exact) mass is 342 g/mol. The first-order valence-electron chi connectivity index (χ1n) is 6.56. The van der Waals surface area contributed by atoms with E-state index in [4.69, 9.17) is 0 Å². The van der Waals surface area contributed by atoms with Crippen LogP contribution in [0.2, 0.25) is 0 Å². The van der Waals surface area contributed by atoms with Gasteiger partial charge >= 0.3 is 11.1 Å². The molecule has 0 bridgehead atoms. The lowest BCUT2D eigenvalue weighted by molar-refractivity contribution is -0.385. The van der Waals surface area contributed by atoms with Gasteiger partial charge in [-0.3, -0.25) is 19.7 Å². The number of nitrogens with zero attached hydrogens (tertiary/aromatic N) is 1. The lowest BCUT2D eigenvalue weighted by atomic mass is 10.0. The van der Waals surface area contributed by atoms with Crippen molar-refractivity contribution in [2.75, 3.05) is 5.75 Å². The number of aromatic nitrogens is 2. The van der Waals surface area contributed by atoms with Gasteiger partial charge in [0, 0.05) is 23.7 Å². The summed E-state index contributed by atoms with van der Waals surface area (Å²) in [6.07, 6.45) is 0. The van der Waals surface area contributed by atoms with Crippen molar-refractivity contribution in [2.24, 2.45) is 0 Å². The molecular formula is C12H14N4O6S. The van der Waals surface area contributed by atoms with Gasteiger partial charge in [0.2, 0.25) is 10.0 Å². The predicted octanol–water partition coefficient (Wildman–Crippen LogP) is -0.128. The number of sulfonamides is 1. The van der Waals surface area contributed by atoms with Crippen LogP contribution in [0.15, 0.2) is 15.7 Å². The number of nitro benzene ring substituents is 1. The van der Waals surface area contributed by atoms with E-state index in [2.05, 4.69) is 14.7 Å². The minimum Gasteiger partial charge on any atom is -0.316 e. The molecule has 124 valence electrons. The molecule has 2 aromatic rings. The normalized spacial score (nSPS) is 11.7. The van der Waals surface area contributed by atoms with Gasteiger partial charge in [-0.15, -0.1) is 0 Å². The highest BCUT2D eigenvalue weighted by atomic mass is 32.2. The second-order valence-corrected chi connectivity index (χ2v) is 6.91. The fourth-order valence-electron chi connectivity index (χ4n) is 2.11. The van der Waals surface area contributed by atoms with E-state index < -0.39 is 26.1 Å². The fourth-order valence-corrected chi connectivity index (χ4v) is 2.68. The highest BCUT2D eigenvalue weighted by Crippen LogP contribution is 2.27. The van der Waals surface area contributed by atoms with E-state index in [9.17, 15) is 28.1 Å². The number of nitro groups is 1. The fraction of sp³-hybridized carbons (Fsp3) is 0.333. The van der Waals surface area contributed by atoms with Gasteiger partial charge in [0.25, 0.3) is 5.69 Å². The van der Waals surface area contributed by atoms with Crippen LogP contribution in [0.25, 0.3) is 11.0 Å². The Morgan fingerprint density at radius 2 is 1.87 bits per heavy atom. The average molecular weight is 342 g/mol. The van der Waals surface area contributed by atoms with Crippen molar-refractivity contribution < 1.29 is 13.3 Å². The maximum absolute atomic E-state index is 11.6. The Labute approximate surface area is 129 Å². The molecule has 0 aliphatic rings. The van der Waals surface area contributed by atoms with Crippen LogP contribution >= 0.6 is 0 Å². The Morgan fingerprint density at radius 1 is 1.26 bits per heavy atom. The lowest BCUT2D eigenvalue weighted by Crippen LogP contribution is -2.30. The highest BCUT2D eigenvalue weighted by molar-refractivity contribution is 7.89. The third-order valence-corrected chi connectivity index (χ3v) is 4.77. The molecule has 0 atom stereocenters. The Bertz CT molecular complexity index is 1000. The van der Waals surface area contributed by atoms with Gasteiger partial charge in [0.1, 0.15) is 0 Å². The minimum atomic E-state index is -3.54. The Morgan fingerprint density at radius 3 is 2.43 bits per heavy atom. The molecular weight excluding hydrogens is 328 g/mol. The second kappa shape index (κ2) is 5.93. The average Bonchev–Trinajstić information content (AvgIpc) is 2.47. The lowest BCUT2D eigenvalue weighted by Gasteiger charge is -2.11. The topological polar surface area (TPSA) is 155 Å². The number of fused-ring (bicyclic) bond motifs is 1. The summed E-state index contributed by atoms with van der Waals surface area (Å²) in [5.74, 6) is -0.160. The molecule has 1 heterocycles. The molecule has 11 heteroatoms. The van der Waals surface area contributed by atoms with E-state index in [0.29, 0.717) is 0 Å². The number of benzene rings is 1. The second-order valence-electron chi connectivity index (χ2n) is 4.81. The maximum atomic E-state index is 11.6. The van der Waals surface area contributed by atoms with E-state index in [1.54, 1.807) is 0 Å². The van der Waals surface area contributed by atoms with Crippen LogP contribution in [-0.4, -0.2) is 29.1 Å². The van der Waals surface area contributed by atoms with Crippen molar-refractivity contribution in [2.45, 2.75) is 20.4 Å². The molecule has 0 saturated heterocycles. The number of hydrogen-bond donors (Lipinski definition) is 3. The first-order valence-corrected chi connectivity index (χ1v) is 8.22. The highest BCUT2D eigenvalue weighted by Gasteiger charge is 2.20. The quantitative estimate of drug-likeness (QED) is 0.390. The van der Waals surface area contributed by atoms with Crippen LogP contribution in [0.5, 0.6) is 0 Å². The molecule has 0 fully saturated rings. The Kier molecular flexibility index (Phi) is 4.34. The van der Waals surface area contributed by atoms with Crippen molar-refractivity contribution in [3.63, 3.8) is 0 Å². The number of hydrogen-bond acceptors (Lipinski definition) is 6. The molecule has 0 saturated carbocycles. The van der Waals surface area contributed by atoms with Crippen molar-refractivity contribution in [3.05, 3.63) is 48.0 Å². The number of aromatic amines is 2. The van der Waals surface area contributed by atoms with Gasteiger partial charge in [0.05, 0.1) is 21.7 Å². The predicted molar refractivity (Wildman–Crippen MR) is 82.9 cm³/mol. The van der Waals surface area contributed by atoms with Crippen LogP contribution in [0, 0.1) is 17.0 Å². The molecule has 1 aromatic heterocycles. The van der Waals surface area contributed by atoms with E-state index in [-0.39, 0.29) is 40.1 Å². The molecule has 0 spiro atoms. The van der Waals surface area contributed by atoms with Gasteiger partial charge in [-0.2, -0.15) is 0 Å². The third kappa shape index (κ3) is 3.29. The van der Waals surface area contributed by atoms with Crippen LogP contribution in [0.4, 0.5) is 5.69 Å². The molecule has 0 unspecified atom stereocenters. The Hall–Kier alpha value is -2.53. The van der Waals surface area contributed by atoms with Gasteiger partial charge in [-0.05, 0) is 13.8 Å². The van der Waals surface area contributed by atoms with E-state index in [1.165, 1.54) is 13.8 Å². The zero-order valence-electron chi connectivity index (χ0n) is 12.3. The maximum Gasteiger partial charge on any atom is 0.314 e. The summed E-state index contributed by atoms with van der Waals surface area (Å²) in [5, 5.41) is 11.1. The van der Waals surface area contributed by atoms with Gasteiger partial charge in [-0.25, -0.2) is 13.1 Å². The minimum absolute atomic E-state index is 0.0533. The zero-order chi connectivity index (χ0) is 17.4. The standard InChI is InChI=1S/C12H14N4O6S/c1-3-23(21,22)13-5-7-6(2)9(16(19)20)4-8-10(7)15-12(18)11(17)14-8/h4,13H,3,5H2,1-2H3,(H,14,17)(H,15,18). The summed E-state index contributed by atoms with van der Waals surface area (Å²) >= 11 is 0. The van der Waals surface area contributed by atoms with E-state index in [1.807, 2.05) is 0 Å². The summed E-state index contributed by atoms with van der Waals surface area (Å²) in [6.45, 7) is 2.64. The van der Waals surface area contributed by atoms with Crippen molar-refractivity contribution in [1.29, 1.82) is 0 Å². The molecule has 23 heavy (non-hydrogen) atoms. The molecule has 10 nitrogen and oxygen atoms in total. The summed E-state index contributed by atoms with van der Waals surface area (Å²) in [7, 11) is -3.54. The van der Waals surface area contributed by atoms with Crippen molar-refractivity contribution >= 4 is 26.7 Å². The molecule has 1 aromatic carbocycles. The Balaban J connectivity index is 2.75. The smallest absolute Gasteiger partial charge is 0.314 e. The van der Waals surface area contributed by atoms with Gasteiger partial charge in [0.15, 0.2) is 0 Å². The molecule has 3 N–H and O–H groups in total. The van der Waals surface area contributed by atoms with Crippen molar-refractivity contribution in [3.8, 4) is 0 Å². The summed E-state index contributed by atoms with van der Waals surface area (Å²) in [6, 6.07) is 1.12. The van der Waals surface area contributed by atoms with Crippen LogP contribution in [0.1, 0.15) is 18.1 Å². The molecule has 0 aliphatic carbocycles. The zero-order valence-corrected chi connectivity index (χ0v) is 13.1. The largest absolute Gasteiger partial charge is 0.316 e. The van der Waals surface area contributed by atoms with Gasteiger partial charge < -0.3 is 9.97 Å². The number of H-pyrrole nitrogens is 2. The first-order chi connectivity index (χ1) is 10.7. The third-order valence-electron chi connectivity index (χ3n) is 3.43. The van der Waals surface area contributed by atoms with E-state index >= 15 is 0 Å². The number of rotatable bonds is 5.